The van der Waals surface area contributed by atoms with Gasteiger partial charge in [-0.2, -0.15) is 0 Å². The molecule has 3 rings (SSSR count). The first-order valence-electron chi connectivity index (χ1n) is 12.5. The van der Waals surface area contributed by atoms with Crippen molar-refractivity contribution in [3.05, 3.63) is 63.1 Å². The number of fused-ring (bicyclic) bond motifs is 1. The van der Waals surface area contributed by atoms with Gasteiger partial charge >= 0.3 is 0 Å². The number of ether oxygens (including phenoxy) is 2. The number of sulfonamides is 1. The zero-order chi connectivity index (χ0) is 28.6. The van der Waals surface area contributed by atoms with Crippen molar-refractivity contribution in [2.75, 3.05) is 53.1 Å². The van der Waals surface area contributed by atoms with Crippen LogP contribution in [0.5, 0.6) is 0 Å². The molecule has 1 heterocycles. The quantitative estimate of drug-likeness (QED) is 0.240. The van der Waals surface area contributed by atoms with Crippen LogP contribution in [0.3, 0.4) is 0 Å². The first-order valence-corrected chi connectivity index (χ1v) is 14.8. The van der Waals surface area contributed by atoms with Crippen molar-refractivity contribution < 1.29 is 32.9 Å². The number of aliphatic hydroxyl groups is 2. The van der Waals surface area contributed by atoms with Crippen LogP contribution >= 0.6 is 23.2 Å². The fraction of sp³-hybridized carbons (Fsp3) is 0.500. The van der Waals surface area contributed by atoms with E-state index in [1.807, 2.05) is 25.2 Å². The summed E-state index contributed by atoms with van der Waals surface area (Å²) in [6.45, 7) is 3.92. The number of halogens is 2. The topological polar surface area (TPSA) is 137 Å². The van der Waals surface area contributed by atoms with Crippen LogP contribution in [0.1, 0.15) is 29.5 Å². The Balaban J connectivity index is 1.40. The number of nitrogens with zero attached hydrogens (tertiary/aromatic N) is 1. The van der Waals surface area contributed by atoms with Crippen LogP contribution in [0.4, 0.5) is 0 Å². The van der Waals surface area contributed by atoms with Gasteiger partial charge in [-0.3, -0.25) is 4.79 Å². The Bertz CT molecular complexity index is 1210. The van der Waals surface area contributed by atoms with Crippen LogP contribution in [0, 0.1) is 0 Å². The van der Waals surface area contributed by atoms with Gasteiger partial charge in [0.05, 0.1) is 37.4 Å². The molecule has 0 aromatic heterocycles. The maximum atomic E-state index is 12.7. The average Bonchev–Trinajstić information content (AvgIpc) is 2.89. The second-order valence-electron chi connectivity index (χ2n) is 9.37. The summed E-state index contributed by atoms with van der Waals surface area (Å²) in [4.78, 5) is 13.8. The zero-order valence-corrected chi connectivity index (χ0v) is 24.2. The van der Waals surface area contributed by atoms with Crippen molar-refractivity contribution >= 4 is 39.1 Å². The number of benzene rings is 2. The third kappa shape index (κ3) is 9.10. The smallest absolute Gasteiger partial charge is 0.251 e. The second kappa shape index (κ2) is 14.7. The molecular formula is C26H35Cl2N3O7S. The molecule has 2 aromatic rings. The highest BCUT2D eigenvalue weighted by Crippen LogP contribution is 2.38. The minimum Gasteiger partial charge on any atom is -0.390 e. The molecule has 1 aliphatic heterocycles. The molecule has 0 radical (unpaired) electrons. The molecule has 216 valence electrons. The maximum absolute atomic E-state index is 12.7. The summed E-state index contributed by atoms with van der Waals surface area (Å²) in [5, 5.41) is 22.2. The highest BCUT2D eigenvalue weighted by Gasteiger charge is 2.27. The molecular weight excluding hydrogens is 569 g/mol. The molecule has 2 aromatic carbocycles. The lowest BCUT2D eigenvalue weighted by Crippen LogP contribution is -2.42. The summed E-state index contributed by atoms with van der Waals surface area (Å²) in [5.41, 5.74) is 3.06. The lowest BCUT2D eigenvalue weighted by molar-refractivity contribution is -0.134. The Hall–Kier alpha value is -1.80. The van der Waals surface area contributed by atoms with Gasteiger partial charge in [-0.1, -0.05) is 35.3 Å². The van der Waals surface area contributed by atoms with Crippen LogP contribution < -0.4 is 10.0 Å². The number of nitrogens with one attached hydrogen (secondary N) is 2. The molecule has 39 heavy (non-hydrogen) atoms. The molecule has 0 spiro atoms. The first-order chi connectivity index (χ1) is 18.5. The fourth-order valence-corrected chi connectivity index (χ4v) is 5.82. The van der Waals surface area contributed by atoms with E-state index in [2.05, 4.69) is 14.9 Å². The van der Waals surface area contributed by atoms with E-state index in [1.54, 1.807) is 18.2 Å². The molecule has 1 aliphatic rings. The fourth-order valence-electron chi connectivity index (χ4n) is 4.23. The van der Waals surface area contributed by atoms with Crippen molar-refractivity contribution in [2.24, 2.45) is 0 Å². The van der Waals surface area contributed by atoms with Gasteiger partial charge in [-0.15, -0.1) is 0 Å². The summed E-state index contributed by atoms with van der Waals surface area (Å²) >= 11 is 12.7. The van der Waals surface area contributed by atoms with Crippen LogP contribution in [-0.4, -0.2) is 94.8 Å². The number of carbonyl (C=O) groups excluding carboxylic acids is 1. The Morgan fingerprint density at radius 3 is 2.36 bits per heavy atom. The van der Waals surface area contributed by atoms with E-state index >= 15 is 0 Å². The van der Waals surface area contributed by atoms with Crippen LogP contribution in [0.2, 0.25) is 10.0 Å². The third-order valence-electron chi connectivity index (χ3n) is 6.27. The first kappa shape index (κ1) is 31.7. The molecule has 0 saturated carbocycles. The average molecular weight is 605 g/mol. The number of carbonyl (C=O) groups is 1. The number of hydrogen-bond donors (Lipinski definition) is 4. The molecule has 0 aliphatic carbocycles. The lowest BCUT2D eigenvalue weighted by Gasteiger charge is -2.33. The number of likely N-dealkylation sites (N-methyl/N-ethyl adjacent to an activating group) is 1. The second-order valence-corrected chi connectivity index (χ2v) is 12.0. The highest BCUT2D eigenvalue weighted by atomic mass is 35.5. The molecule has 3 unspecified atom stereocenters. The molecule has 3 atom stereocenters. The van der Waals surface area contributed by atoms with Crippen molar-refractivity contribution in [1.29, 1.82) is 0 Å². The van der Waals surface area contributed by atoms with Crippen molar-refractivity contribution in [3.63, 3.8) is 0 Å². The number of aliphatic hydroxyl groups excluding tert-OH is 2. The Morgan fingerprint density at radius 2 is 1.72 bits per heavy atom. The number of rotatable bonds is 14. The van der Waals surface area contributed by atoms with E-state index in [0.29, 0.717) is 10.0 Å². The summed E-state index contributed by atoms with van der Waals surface area (Å²) in [7, 11) is -1.69. The Kier molecular flexibility index (Phi) is 12.0. The predicted molar refractivity (Wildman–Crippen MR) is 149 cm³/mol. The molecule has 4 N–H and O–H groups in total. The minimum absolute atomic E-state index is 0.0161. The maximum Gasteiger partial charge on any atom is 0.251 e. The SMILES string of the molecule is CC(O)C(O)C(=O)NCCOCCOCCNS(=O)(=O)c1ccc(C2CN(C)Cc3c(Cl)cc(Cl)cc32)cc1. The molecule has 0 fully saturated rings. The third-order valence-corrected chi connectivity index (χ3v) is 8.30. The summed E-state index contributed by atoms with van der Waals surface area (Å²) in [6, 6.07) is 10.5. The van der Waals surface area contributed by atoms with Gasteiger partial charge in [-0.25, -0.2) is 13.1 Å². The Labute approximate surface area is 239 Å². The predicted octanol–water partition coefficient (Wildman–Crippen LogP) is 1.74. The van der Waals surface area contributed by atoms with Gasteiger partial charge in [0.2, 0.25) is 10.0 Å². The Morgan fingerprint density at radius 1 is 1.08 bits per heavy atom. The van der Waals surface area contributed by atoms with Gasteiger partial charge in [-0.05, 0) is 54.9 Å². The molecule has 0 saturated heterocycles. The van der Waals surface area contributed by atoms with E-state index in [1.165, 1.54) is 6.92 Å². The normalized spacial score (nSPS) is 17.4. The highest BCUT2D eigenvalue weighted by molar-refractivity contribution is 7.89. The largest absolute Gasteiger partial charge is 0.390 e. The lowest BCUT2D eigenvalue weighted by atomic mass is 9.85. The van der Waals surface area contributed by atoms with Crippen LogP contribution in [-0.2, 0) is 30.8 Å². The number of amides is 1. The molecule has 10 nitrogen and oxygen atoms in total. The van der Waals surface area contributed by atoms with Crippen molar-refractivity contribution in [3.8, 4) is 0 Å². The monoisotopic (exact) mass is 603 g/mol. The minimum atomic E-state index is -3.71. The molecule has 0 bridgehead atoms. The van der Waals surface area contributed by atoms with Crippen LogP contribution in [0.25, 0.3) is 0 Å². The standard InChI is InChI=1S/C26H35Cl2N3O7S/c1-17(32)25(33)26(34)29-7-9-37-11-12-38-10-8-30-39(35,36)20-5-3-18(4-6-20)22-15-31(2)16-23-21(22)13-19(27)14-24(23)28/h3-6,13-14,17,22,25,30,32-33H,7-12,15-16H2,1-2H3,(H,29,34). The zero-order valence-electron chi connectivity index (χ0n) is 21.9. The van der Waals surface area contributed by atoms with E-state index < -0.39 is 28.1 Å². The van der Waals surface area contributed by atoms with E-state index in [-0.39, 0.29) is 50.3 Å². The van der Waals surface area contributed by atoms with Gasteiger partial charge in [0.25, 0.3) is 5.91 Å². The van der Waals surface area contributed by atoms with Gasteiger partial charge in [0.15, 0.2) is 6.10 Å². The summed E-state index contributed by atoms with van der Waals surface area (Å²) in [5.74, 6) is -0.657. The van der Waals surface area contributed by atoms with Gasteiger partial charge in [0.1, 0.15) is 0 Å². The van der Waals surface area contributed by atoms with Crippen molar-refractivity contribution in [2.45, 2.75) is 36.5 Å². The van der Waals surface area contributed by atoms with E-state index in [9.17, 15) is 18.3 Å². The number of hydrogen-bond acceptors (Lipinski definition) is 8. The molecule has 1 amide bonds. The van der Waals surface area contributed by atoms with Crippen molar-refractivity contribution in [1.82, 2.24) is 14.9 Å². The van der Waals surface area contributed by atoms with Gasteiger partial charge < -0.3 is 29.9 Å². The summed E-state index contributed by atoms with van der Waals surface area (Å²) < 4.78 is 38.6. The van der Waals surface area contributed by atoms with E-state index in [4.69, 9.17) is 37.8 Å². The van der Waals surface area contributed by atoms with E-state index in [0.717, 1.165) is 29.8 Å². The molecule has 13 heteroatoms. The summed E-state index contributed by atoms with van der Waals surface area (Å²) in [6.07, 6.45) is -2.64. The van der Waals surface area contributed by atoms with Gasteiger partial charge in [0, 0.05) is 42.1 Å². The van der Waals surface area contributed by atoms with Crippen LogP contribution in [0.15, 0.2) is 41.3 Å².